The normalized spacial score (nSPS) is 10.6. The van der Waals surface area contributed by atoms with E-state index in [1.54, 1.807) is 31.2 Å². The van der Waals surface area contributed by atoms with Gasteiger partial charge in [-0.05, 0) is 25.1 Å². The number of amides is 1. The molecule has 1 heterocycles. The van der Waals surface area contributed by atoms with Crippen molar-refractivity contribution in [1.29, 1.82) is 0 Å². The van der Waals surface area contributed by atoms with Gasteiger partial charge in [0, 0.05) is 17.3 Å². The van der Waals surface area contributed by atoms with Gasteiger partial charge in [0.05, 0.1) is 9.95 Å². The quantitative estimate of drug-likeness (QED) is 0.530. The molecule has 0 saturated carbocycles. The second kappa shape index (κ2) is 6.93. The number of anilines is 1. The van der Waals surface area contributed by atoms with Crippen molar-refractivity contribution in [3.63, 3.8) is 0 Å². The second-order valence-corrected chi connectivity index (χ2v) is 5.73. The first-order chi connectivity index (χ1) is 12.4. The summed E-state index contributed by atoms with van der Waals surface area (Å²) in [5.41, 5.74) is 0.193. The van der Waals surface area contributed by atoms with Gasteiger partial charge < -0.3 is 9.84 Å². The molecule has 3 rings (SSSR count). The Bertz CT molecular complexity index is 1020. The number of hydrogen-bond donors (Lipinski definition) is 1. The standard InChI is InChI=1S/C17H11ClFN3O4/c1-9-15(16(21-26-9)11-4-2-3-5-12(11)18)17(23)20-10-6-7-13(19)14(8-10)22(24)25/h2-8H,1H3,(H,20,23). The van der Waals surface area contributed by atoms with Crippen molar-refractivity contribution in [2.24, 2.45) is 0 Å². The fourth-order valence-corrected chi connectivity index (χ4v) is 2.63. The number of nitrogens with zero attached hydrogens (tertiary/aromatic N) is 2. The number of halogens is 2. The maximum Gasteiger partial charge on any atom is 0.306 e. The molecule has 0 spiro atoms. The molecule has 0 atom stereocenters. The Hall–Kier alpha value is -3.26. The summed E-state index contributed by atoms with van der Waals surface area (Å²) in [6, 6.07) is 9.85. The van der Waals surface area contributed by atoms with Gasteiger partial charge in [0.1, 0.15) is 17.0 Å². The van der Waals surface area contributed by atoms with E-state index in [2.05, 4.69) is 10.5 Å². The van der Waals surface area contributed by atoms with Crippen molar-refractivity contribution in [2.75, 3.05) is 5.32 Å². The van der Waals surface area contributed by atoms with Crippen molar-refractivity contribution in [1.82, 2.24) is 5.16 Å². The summed E-state index contributed by atoms with van der Waals surface area (Å²) < 4.78 is 18.5. The summed E-state index contributed by atoms with van der Waals surface area (Å²) in [6.07, 6.45) is 0. The molecule has 26 heavy (non-hydrogen) atoms. The van der Waals surface area contributed by atoms with Crippen LogP contribution in [-0.4, -0.2) is 16.0 Å². The third kappa shape index (κ3) is 3.27. The van der Waals surface area contributed by atoms with Gasteiger partial charge in [-0.25, -0.2) is 0 Å². The fraction of sp³-hybridized carbons (Fsp3) is 0.0588. The molecule has 2 aromatic carbocycles. The molecule has 0 fully saturated rings. The second-order valence-electron chi connectivity index (χ2n) is 5.32. The summed E-state index contributed by atoms with van der Waals surface area (Å²) in [4.78, 5) is 22.6. The monoisotopic (exact) mass is 375 g/mol. The lowest BCUT2D eigenvalue weighted by Crippen LogP contribution is -2.14. The molecule has 3 aromatic rings. The highest BCUT2D eigenvalue weighted by Gasteiger charge is 2.24. The summed E-state index contributed by atoms with van der Waals surface area (Å²) in [6.45, 7) is 1.55. The molecular weight excluding hydrogens is 365 g/mol. The molecular formula is C17H11ClFN3O4. The smallest absolute Gasteiger partial charge is 0.306 e. The minimum atomic E-state index is -0.995. The number of carbonyl (C=O) groups is 1. The molecule has 1 N–H and O–H groups in total. The van der Waals surface area contributed by atoms with Gasteiger partial charge in [0.15, 0.2) is 0 Å². The number of nitro groups is 1. The minimum Gasteiger partial charge on any atom is -0.360 e. The molecule has 0 aliphatic carbocycles. The average molecular weight is 376 g/mol. The van der Waals surface area contributed by atoms with E-state index in [-0.39, 0.29) is 22.7 Å². The molecule has 1 amide bonds. The van der Waals surface area contributed by atoms with E-state index in [9.17, 15) is 19.3 Å². The SMILES string of the molecule is Cc1onc(-c2ccccc2Cl)c1C(=O)Nc1ccc(F)c([N+](=O)[O-])c1. The maximum atomic E-state index is 13.4. The number of nitrogens with one attached hydrogen (secondary N) is 1. The van der Waals surface area contributed by atoms with Crippen molar-refractivity contribution in [3.05, 3.63) is 74.7 Å². The lowest BCUT2D eigenvalue weighted by Gasteiger charge is -2.07. The molecule has 0 bridgehead atoms. The average Bonchev–Trinajstić information content (AvgIpc) is 2.98. The molecule has 9 heteroatoms. The number of aryl methyl sites for hydroxylation is 1. The third-order valence-corrected chi connectivity index (χ3v) is 3.95. The van der Waals surface area contributed by atoms with Gasteiger partial charge in [-0.1, -0.05) is 35.0 Å². The van der Waals surface area contributed by atoms with Crippen LogP contribution in [0.25, 0.3) is 11.3 Å². The van der Waals surface area contributed by atoms with Crippen LogP contribution < -0.4 is 5.32 Å². The van der Waals surface area contributed by atoms with Gasteiger partial charge in [0.2, 0.25) is 5.82 Å². The van der Waals surface area contributed by atoms with E-state index < -0.39 is 22.3 Å². The molecule has 0 aliphatic heterocycles. The number of benzene rings is 2. The van der Waals surface area contributed by atoms with Crippen molar-refractivity contribution >= 4 is 28.9 Å². The first kappa shape index (κ1) is 17.6. The van der Waals surface area contributed by atoms with Crippen LogP contribution in [0.2, 0.25) is 5.02 Å². The Balaban J connectivity index is 1.97. The fourth-order valence-electron chi connectivity index (χ4n) is 2.40. The Morgan fingerprint density at radius 3 is 2.73 bits per heavy atom. The van der Waals surface area contributed by atoms with Gasteiger partial charge in [-0.2, -0.15) is 4.39 Å². The van der Waals surface area contributed by atoms with Crippen LogP contribution in [0.1, 0.15) is 16.1 Å². The molecule has 1 aromatic heterocycles. The molecule has 0 aliphatic rings. The Morgan fingerprint density at radius 1 is 1.31 bits per heavy atom. The number of hydrogen-bond acceptors (Lipinski definition) is 5. The van der Waals surface area contributed by atoms with Crippen LogP contribution in [0.3, 0.4) is 0 Å². The maximum absolute atomic E-state index is 13.4. The predicted octanol–water partition coefficient (Wildman–Crippen LogP) is 4.60. The van der Waals surface area contributed by atoms with E-state index in [1.807, 2.05) is 0 Å². The van der Waals surface area contributed by atoms with Crippen LogP contribution in [0.5, 0.6) is 0 Å². The minimum absolute atomic E-state index is 0.0637. The molecule has 132 valence electrons. The van der Waals surface area contributed by atoms with Crippen LogP contribution >= 0.6 is 11.6 Å². The summed E-state index contributed by atoms with van der Waals surface area (Å²) in [5, 5.41) is 17.6. The van der Waals surface area contributed by atoms with E-state index in [0.717, 1.165) is 12.1 Å². The number of carbonyl (C=O) groups excluding carboxylic acids is 1. The van der Waals surface area contributed by atoms with Gasteiger partial charge in [-0.3, -0.25) is 14.9 Å². The van der Waals surface area contributed by atoms with Crippen LogP contribution in [0, 0.1) is 22.9 Å². The number of rotatable bonds is 4. The zero-order valence-electron chi connectivity index (χ0n) is 13.3. The highest BCUT2D eigenvalue weighted by molar-refractivity contribution is 6.33. The molecule has 0 radical (unpaired) electrons. The van der Waals surface area contributed by atoms with Gasteiger partial charge >= 0.3 is 5.69 Å². The Kier molecular flexibility index (Phi) is 4.68. The van der Waals surface area contributed by atoms with Crippen LogP contribution in [0.4, 0.5) is 15.8 Å². The van der Waals surface area contributed by atoms with E-state index in [1.165, 1.54) is 6.07 Å². The molecule has 7 nitrogen and oxygen atoms in total. The van der Waals surface area contributed by atoms with E-state index >= 15 is 0 Å². The lowest BCUT2D eigenvalue weighted by atomic mass is 10.1. The van der Waals surface area contributed by atoms with Crippen molar-refractivity contribution in [2.45, 2.75) is 6.92 Å². The zero-order valence-corrected chi connectivity index (χ0v) is 14.1. The van der Waals surface area contributed by atoms with Crippen molar-refractivity contribution < 1.29 is 18.6 Å². The first-order valence-electron chi connectivity index (χ1n) is 7.35. The van der Waals surface area contributed by atoms with Crippen LogP contribution in [0.15, 0.2) is 47.0 Å². The Morgan fingerprint density at radius 2 is 2.04 bits per heavy atom. The summed E-state index contributed by atoms with van der Waals surface area (Å²) in [7, 11) is 0. The van der Waals surface area contributed by atoms with E-state index in [0.29, 0.717) is 10.6 Å². The summed E-state index contributed by atoms with van der Waals surface area (Å²) in [5.74, 6) is -1.36. The van der Waals surface area contributed by atoms with E-state index in [4.69, 9.17) is 16.1 Å². The molecule has 0 saturated heterocycles. The molecule has 0 unspecified atom stereocenters. The van der Waals surface area contributed by atoms with Crippen molar-refractivity contribution in [3.8, 4) is 11.3 Å². The highest BCUT2D eigenvalue weighted by Crippen LogP contribution is 2.31. The zero-order chi connectivity index (χ0) is 18.8. The lowest BCUT2D eigenvalue weighted by molar-refractivity contribution is -0.387. The Labute approximate surface area is 151 Å². The van der Waals surface area contributed by atoms with Crippen LogP contribution in [-0.2, 0) is 0 Å². The first-order valence-corrected chi connectivity index (χ1v) is 7.72. The largest absolute Gasteiger partial charge is 0.360 e. The number of aromatic nitrogens is 1. The third-order valence-electron chi connectivity index (χ3n) is 3.62. The highest BCUT2D eigenvalue weighted by atomic mass is 35.5. The number of nitro benzene ring substituents is 1. The van der Waals surface area contributed by atoms with Gasteiger partial charge in [-0.15, -0.1) is 0 Å². The topological polar surface area (TPSA) is 98.3 Å². The van der Waals surface area contributed by atoms with Gasteiger partial charge in [0.25, 0.3) is 5.91 Å². The summed E-state index contributed by atoms with van der Waals surface area (Å²) >= 11 is 6.15. The predicted molar refractivity (Wildman–Crippen MR) is 92.7 cm³/mol.